The van der Waals surface area contributed by atoms with Gasteiger partial charge in [0.05, 0.1) is 18.7 Å². The van der Waals surface area contributed by atoms with Gasteiger partial charge in [-0.25, -0.2) is 0 Å². The van der Waals surface area contributed by atoms with Gasteiger partial charge >= 0.3 is 0 Å². The Morgan fingerprint density at radius 2 is 2.06 bits per heavy atom. The monoisotopic (exact) mass is 230 g/mol. The van der Waals surface area contributed by atoms with Gasteiger partial charge in [-0.05, 0) is 23.8 Å². The Balaban J connectivity index is 2.08. The number of aliphatic hydroxyl groups is 1. The molecule has 0 aliphatic heterocycles. The molecule has 1 aliphatic rings. The van der Waals surface area contributed by atoms with Crippen LogP contribution in [0.25, 0.3) is 0 Å². The first kappa shape index (κ1) is 12.1. The van der Waals surface area contributed by atoms with Crippen molar-refractivity contribution < 1.29 is 5.11 Å². The average Bonchev–Trinajstić information content (AvgIpc) is 3.11. The maximum Gasteiger partial charge on any atom is 0.101 e. The van der Waals surface area contributed by atoms with E-state index in [9.17, 15) is 10.4 Å². The highest BCUT2D eigenvalue weighted by atomic mass is 16.3. The molecule has 1 aromatic rings. The predicted octanol–water partition coefficient (Wildman–Crippen LogP) is 2.00. The molecular formula is C14H18N2O. The molecule has 0 radical (unpaired) electrons. The van der Waals surface area contributed by atoms with Crippen LogP contribution >= 0.6 is 0 Å². The molecule has 3 nitrogen and oxygen atoms in total. The Morgan fingerprint density at radius 3 is 2.53 bits per heavy atom. The van der Waals surface area contributed by atoms with Gasteiger partial charge in [0.25, 0.3) is 0 Å². The van der Waals surface area contributed by atoms with Crippen LogP contribution in [0.3, 0.4) is 0 Å². The number of nitriles is 1. The van der Waals surface area contributed by atoms with Crippen molar-refractivity contribution in [3.63, 3.8) is 0 Å². The molecular weight excluding hydrogens is 212 g/mol. The minimum absolute atomic E-state index is 0.0122. The third kappa shape index (κ3) is 2.66. The lowest BCUT2D eigenvalue weighted by molar-refractivity contribution is 0.227. The summed E-state index contributed by atoms with van der Waals surface area (Å²) in [5, 5.41) is 21.9. The quantitative estimate of drug-likeness (QED) is 0.813. The van der Waals surface area contributed by atoms with Crippen molar-refractivity contribution in [2.45, 2.75) is 31.8 Å². The summed E-state index contributed by atoms with van der Waals surface area (Å²) in [7, 11) is 0. The van der Waals surface area contributed by atoms with E-state index in [1.54, 1.807) is 0 Å². The molecule has 1 aromatic carbocycles. The van der Waals surface area contributed by atoms with Crippen LogP contribution in [-0.2, 0) is 0 Å². The van der Waals surface area contributed by atoms with Crippen LogP contribution < -0.4 is 5.32 Å². The SMILES string of the molecule is CC1([C@H](C#N)N[C@H](CO)c2ccccc2)CC1. The lowest BCUT2D eigenvalue weighted by Gasteiger charge is -2.24. The van der Waals surface area contributed by atoms with Gasteiger partial charge in [0.1, 0.15) is 6.04 Å². The fraction of sp³-hybridized carbons (Fsp3) is 0.500. The Bertz CT molecular complexity index is 406. The van der Waals surface area contributed by atoms with Gasteiger partial charge < -0.3 is 5.11 Å². The first-order valence-electron chi connectivity index (χ1n) is 6.01. The maximum absolute atomic E-state index is 9.44. The first-order valence-corrected chi connectivity index (χ1v) is 6.01. The Kier molecular flexibility index (Phi) is 3.46. The predicted molar refractivity (Wildman–Crippen MR) is 66.1 cm³/mol. The van der Waals surface area contributed by atoms with Crippen LogP contribution in [0.15, 0.2) is 30.3 Å². The van der Waals surface area contributed by atoms with Crippen LogP contribution in [0.4, 0.5) is 0 Å². The zero-order valence-corrected chi connectivity index (χ0v) is 10.1. The second-order valence-corrected chi connectivity index (χ2v) is 5.03. The van der Waals surface area contributed by atoms with Crippen LogP contribution in [0, 0.1) is 16.7 Å². The lowest BCUT2D eigenvalue weighted by Crippen LogP contribution is -2.39. The van der Waals surface area contributed by atoms with Crippen molar-refractivity contribution in [3.8, 4) is 6.07 Å². The number of hydrogen-bond acceptors (Lipinski definition) is 3. The first-order chi connectivity index (χ1) is 8.19. The fourth-order valence-corrected chi connectivity index (χ4v) is 2.02. The fourth-order valence-electron chi connectivity index (χ4n) is 2.02. The zero-order valence-electron chi connectivity index (χ0n) is 10.1. The normalized spacial score (nSPS) is 20.3. The van der Waals surface area contributed by atoms with E-state index in [-0.39, 0.29) is 24.1 Å². The second kappa shape index (κ2) is 4.87. The van der Waals surface area contributed by atoms with E-state index in [1.807, 2.05) is 30.3 Å². The van der Waals surface area contributed by atoms with Crippen LogP contribution in [0.5, 0.6) is 0 Å². The minimum Gasteiger partial charge on any atom is -0.394 e. The standard InChI is InChI=1S/C14H18N2O/c1-14(7-8-14)13(9-15)16-12(10-17)11-5-3-2-4-6-11/h2-6,12-13,16-17H,7-8,10H2,1H3/t12-,13+/m1/s1. The van der Waals surface area contributed by atoms with E-state index in [1.165, 1.54) is 0 Å². The Labute approximate surface area is 102 Å². The smallest absolute Gasteiger partial charge is 0.101 e. The van der Waals surface area contributed by atoms with Gasteiger partial charge in [-0.3, -0.25) is 5.32 Å². The molecule has 0 amide bonds. The molecule has 1 saturated carbocycles. The van der Waals surface area contributed by atoms with E-state index in [4.69, 9.17) is 0 Å². The molecule has 2 atom stereocenters. The number of nitrogens with zero attached hydrogens (tertiary/aromatic N) is 1. The highest BCUT2D eigenvalue weighted by molar-refractivity contribution is 5.21. The van der Waals surface area contributed by atoms with Gasteiger partial charge in [-0.15, -0.1) is 0 Å². The molecule has 0 bridgehead atoms. The van der Waals surface area contributed by atoms with E-state index in [2.05, 4.69) is 18.3 Å². The van der Waals surface area contributed by atoms with Gasteiger partial charge in [-0.2, -0.15) is 5.26 Å². The maximum atomic E-state index is 9.44. The summed E-state index contributed by atoms with van der Waals surface area (Å²) >= 11 is 0. The second-order valence-electron chi connectivity index (χ2n) is 5.03. The molecule has 3 heteroatoms. The summed E-state index contributed by atoms with van der Waals surface area (Å²) in [6.45, 7) is 2.13. The van der Waals surface area contributed by atoms with Crippen molar-refractivity contribution in [3.05, 3.63) is 35.9 Å². The Hall–Kier alpha value is -1.37. The molecule has 0 spiro atoms. The summed E-state index contributed by atoms with van der Waals surface area (Å²) in [4.78, 5) is 0. The molecule has 0 saturated heterocycles. The van der Waals surface area contributed by atoms with E-state index < -0.39 is 0 Å². The third-order valence-electron chi connectivity index (χ3n) is 3.62. The largest absolute Gasteiger partial charge is 0.394 e. The number of rotatable bonds is 5. The summed E-state index contributed by atoms with van der Waals surface area (Å²) in [6, 6.07) is 11.8. The summed E-state index contributed by atoms with van der Waals surface area (Å²) in [5.41, 5.74) is 1.12. The van der Waals surface area contributed by atoms with Crippen molar-refractivity contribution in [1.82, 2.24) is 5.32 Å². The molecule has 1 aliphatic carbocycles. The molecule has 1 fully saturated rings. The topological polar surface area (TPSA) is 56.0 Å². The Morgan fingerprint density at radius 1 is 1.41 bits per heavy atom. The van der Waals surface area contributed by atoms with Crippen LogP contribution in [0.2, 0.25) is 0 Å². The van der Waals surface area contributed by atoms with Gasteiger partial charge in [0.2, 0.25) is 0 Å². The number of hydrogen-bond donors (Lipinski definition) is 2. The van der Waals surface area contributed by atoms with Gasteiger partial charge in [0.15, 0.2) is 0 Å². The summed E-state index contributed by atoms with van der Waals surface area (Å²) in [6.07, 6.45) is 2.18. The molecule has 0 heterocycles. The zero-order chi connectivity index (χ0) is 12.3. The molecule has 0 aromatic heterocycles. The lowest BCUT2D eigenvalue weighted by atomic mass is 9.98. The van der Waals surface area contributed by atoms with Gasteiger partial charge in [-0.1, -0.05) is 37.3 Å². The van der Waals surface area contributed by atoms with Crippen molar-refractivity contribution in [2.75, 3.05) is 6.61 Å². The minimum atomic E-state index is -0.181. The number of benzene rings is 1. The van der Waals surface area contributed by atoms with E-state index in [0.717, 1.165) is 18.4 Å². The van der Waals surface area contributed by atoms with Crippen molar-refractivity contribution in [1.29, 1.82) is 5.26 Å². The van der Waals surface area contributed by atoms with Crippen molar-refractivity contribution >= 4 is 0 Å². The van der Waals surface area contributed by atoms with Crippen LogP contribution in [0.1, 0.15) is 31.4 Å². The van der Waals surface area contributed by atoms with Crippen molar-refractivity contribution in [2.24, 2.45) is 5.41 Å². The molecule has 2 rings (SSSR count). The van der Waals surface area contributed by atoms with E-state index in [0.29, 0.717) is 0 Å². The number of nitrogens with one attached hydrogen (secondary N) is 1. The summed E-state index contributed by atoms with van der Waals surface area (Å²) < 4.78 is 0. The van der Waals surface area contributed by atoms with Crippen LogP contribution in [-0.4, -0.2) is 17.8 Å². The molecule has 0 unspecified atom stereocenters. The highest BCUT2D eigenvalue weighted by Crippen LogP contribution is 2.48. The number of aliphatic hydroxyl groups excluding tert-OH is 1. The molecule has 17 heavy (non-hydrogen) atoms. The summed E-state index contributed by atoms with van der Waals surface area (Å²) in [5.74, 6) is 0. The molecule has 2 N–H and O–H groups in total. The van der Waals surface area contributed by atoms with Gasteiger partial charge in [0, 0.05) is 0 Å². The third-order valence-corrected chi connectivity index (χ3v) is 3.62. The molecule has 90 valence electrons. The highest BCUT2D eigenvalue weighted by Gasteiger charge is 2.45. The average molecular weight is 230 g/mol. The van der Waals surface area contributed by atoms with E-state index >= 15 is 0 Å².